The predicted molar refractivity (Wildman–Crippen MR) is 46.5 cm³/mol. The van der Waals surface area contributed by atoms with Crippen LogP contribution in [-0.2, 0) is 9.59 Å². The fraction of sp³-hybridized carbons (Fsp3) is 0.714. The Bertz CT molecular complexity index is 131. The Hall–Kier alpha value is -0.510. The van der Waals surface area contributed by atoms with Gasteiger partial charge in [-0.2, -0.15) is 12.6 Å². The summed E-state index contributed by atoms with van der Waals surface area (Å²) in [4.78, 5) is 21.5. The van der Waals surface area contributed by atoms with Gasteiger partial charge in [-0.15, -0.1) is 0 Å². The first-order valence-corrected chi connectivity index (χ1v) is 4.27. The van der Waals surface area contributed by atoms with E-state index in [2.05, 4.69) is 17.9 Å². The molecule has 0 saturated carbocycles. The van der Waals surface area contributed by atoms with Crippen LogP contribution in [0, 0.1) is 0 Å². The molecule has 0 atom stereocenters. The van der Waals surface area contributed by atoms with Crippen LogP contribution in [0.3, 0.4) is 0 Å². The summed E-state index contributed by atoms with van der Waals surface area (Å²) in [6, 6.07) is 0. The Morgan fingerprint density at radius 3 is 2.27 bits per heavy atom. The van der Waals surface area contributed by atoms with Crippen LogP contribution in [-0.4, -0.2) is 17.6 Å². The molecule has 0 aromatic rings. The molecule has 0 spiro atoms. The molecule has 0 aromatic carbocycles. The molecule has 0 aromatic heterocycles. The van der Waals surface area contributed by atoms with Crippen LogP contribution < -0.4 is 5.32 Å². The predicted octanol–water partition coefficient (Wildman–Crippen LogP) is 0.749. The molecule has 0 heterocycles. The summed E-state index contributed by atoms with van der Waals surface area (Å²) < 4.78 is 0. The van der Waals surface area contributed by atoms with Gasteiger partial charge in [0.1, 0.15) is 0 Å². The van der Waals surface area contributed by atoms with E-state index in [1.54, 1.807) is 0 Å². The largest absolute Gasteiger partial charge is 0.296 e. The van der Waals surface area contributed by atoms with E-state index in [9.17, 15) is 9.59 Å². The van der Waals surface area contributed by atoms with Crippen molar-refractivity contribution in [2.75, 3.05) is 5.75 Å². The Morgan fingerprint density at radius 2 is 1.82 bits per heavy atom. The van der Waals surface area contributed by atoms with Crippen LogP contribution in [0.1, 0.15) is 26.2 Å². The topological polar surface area (TPSA) is 46.2 Å². The summed E-state index contributed by atoms with van der Waals surface area (Å²) in [6.45, 7) is 1.89. The number of carbonyl (C=O) groups excluding carboxylic acids is 2. The van der Waals surface area contributed by atoms with Crippen LogP contribution in [0.2, 0.25) is 0 Å². The number of rotatable bonds is 4. The average Bonchev–Trinajstić information content (AvgIpc) is 1.87. The maximum Gasteiger partial charge on any atom is 0.227 e. The van der Waals surface area contributed by atoms with Crippen molar-refractivity contribution in [3.8, 4) is 0 Å². The summed E-state index contributed by atoms with van der Waals surface area (Å²) in [5.41, 5.74) is 0. The van der Waals surface area contributed by atoms with Gasteiger partial charge in [-0.25, -0.2) is 0 Å². The number of amides is 2. The van der Waals surface area contributed by atoms with E-state index < -0.39 is 0 Å². The molecule has 4 heteroatoms. The van der Waals surface area contributed by atoms with Crippen molar-refractivity contribution >= 4 is 24.4 Å². The van der Waals surface area contributed by atoms with Crippen LogP contribution in [0.4, 0.5) is 0 Å². The highest BCUT2D eigenvalue weighted by molar-refractivity contribution is 7.80. The van der Waals surface area contributed by atoms with Crippen LogP contribution in [0.15, 0.2) is 0 Å². The highest BCUT2D eigenvalue weighted by Gasteiger charge is 2.04. The normalized spacial score (nSPS) is 9.27. The second kappa shape index (κ2) is 6.22. The number of thiol groups is 1. The fourth-order valence-corrected chi connectivity index (χ4v) is 0.812. The molecule has 0 saturated heterocycles. The first-order valence-electron chi connectivity index (χ1n) is 3.64. The Kier molecular flexibility index (Phi) is 5.93. The molecule has 0 bridgehead atoms. The first-order chi connectivity index (χ1) is 5.20. The zero-order valence-corrected chi connectivity index (χ0v) is 7.49. The summed E-state index contributed by atoms with van der Waals surface area (Å²) in [5, 5.41) is 2.26. The number of nitrogens with one attached hydrogen (secondary N) is 1. The minimum atomic E-state index is -0.238. The lowest BCUT2D eigenvalue weighted by Gasteiger charge is -1.99. The van der Waals surface area contributed by atoms with Crippen molar-refractivity contribution in [3.63, 3.8) is 0 Å². The van der Waals surface area contributed by atoms with Crippen molar-refractivity contribution in [3.05, 3.63) is 0 Å². The smallest absolute Gasteiger partial charge is 0.227 e. The number of hydrogen-bond donors (Lipinski definition) is 2. The lowest BCUT2D eigenvalue weighted by atomic mass is 10.3. The molecule has 0 radical (unpaired) electrons. The van der Waals surface area contributed by atoms with E-state index >= 15 is 0 Å². The summed E-state index contributed by atoms with van der Waals surface area (Å²) in [5.74, 6) is 0.0448. The van der Waals surface area contributed by atoms with Gasteiger partial charge in [0.15, 0.2) is 0 Å². The SMILES string of the molecule is CCCC(=O)NC(=O)CCS. The summed E-state index contributed by atoms with van der Waals surface area (Å²) >= 11 is 3.86. The van der Waals surface area contributed by atoms with E-state index in [4.69, 9.17) is 0 Å². The number of hydrogen-bond acceptors (Lipinski definition) is 3. The molecule has 0 fully saturated rings. The van der Waals surface area contributed by atoms with Crippen molar-refractivity contribution in [1.29, 1.82) is 0 Å². The highest BCUT2D eigenvalue weighted by Crippen LogP contribution is 1.88. The molecule has 11 heavy (non-hydrogen) atoms. The minimum absolute atomic E-state index is 0.195. The molecule has 1 N–H and O–H groups in total. The van der Waals surface area contributed by atoms with Gasteiger partial charge in [-0.05, 0) is 12.2 Å². The standard InChI is InChI=1S/C7H13NO2S/c1-2-3-6(9)8-7(10)4-5-11/h11H,2-5H2,1H3,(H,8,9,10). The second-order valence-electron chi connectivity index (χ2n) is 2.19. The lowest BCUT2D eigenvalue weighted by molar-refractivity contribution is -0.130. The first kappa shape index (κ1) is 10.5. The molecule has 0 unspecified atom stereocenters. The fourth-order valence-electron chi connectivity index (χ4n) is 0.609. The molecular formula is C7H13NO2S. The van der Waals surface area contributed by atoms with E-state index in [0.29, 0.717) is 18.6 Å². The van der Waals surface area contributed by atoms with Gasteiger partial charge in [-0.1, -0.05) is 6.92 Å². The van der Waals surface area contributed by atoms with Gasteiger partial charge in [0, 0.05) is 12.8 Å². The van der Waals surface area contributed by atoms with E-state index in [1.165, 1.54) is 0 Å². The van der Waals surface area contributed by atoms with E-state index in [0.717, 1.165) is 6.42 Å². The maximum absolute atomic E-state index is 10.8. The monoisotopic (exact) mass is 175 g/mol. The van der Waals surface area contributed by atoms with Gasteiger partial charge in [0.05, 0.1) is 0 Å². The molecular weight excluding hydrogens is 162 g/mol. The zero-order valence-electron chi connectivity index (χ0n) is 6.59. The number of imide groups is 1. The van der Waals surface area contributed by atoms with Gasteiger partial charge in [-0.3, -0.25) is 14.9 Å². The van der Waals surface area contributed by atoms with Crippen LogP contribution in [0.5, 0.6) is 0 Å². The molecule has 0 aliphatic rings. The molecule has 0 rings (SSSR count). The third-order valence-electron chi connectivity index (χ3n) is 1.09. The van der Waals surface area contributed by atoms with Gasteiger partial charge < -0.3 is 0 Å². The second-order valence-corrected chi connectivity index (χ2v) is 2.64. The maximum atomic E-state index is 10.8. The van der Waals surface area contributed by atoms with Gasteiger partial charge >= 0.3 is 0 Å². The van der Waals surface area contributed by atoms with Gasteiger partial charge in [0.2, 0.25) is 11.8 Å². The van der Waals surface area contributed by atoms with Crippen molar-refractivity contribution < 1.29 is 9.59 Å². The Morgan fingerprint density at radius 1 is 1.27 bits per heavy atom. The minimum Gasteiger partial charge on any atom is -0.296 e. The highest BCUT2D eigenvalue weighted by atomic mass is 32.1. The van der Waals surface area contributed by atoms with Crippen molar-refractivity contribution in [1.82, 2.24) is 5.32 Å². The van der Waals surface area contributed by atoms with E-state index in [1.807, 2.05) is 6.92 Å². The summed E-state index contributed by atoms with van der Waals surface area (Å²) in [6.07, 6.45) is 1.48. The Balaban J connectivity index is 3.49. The summed E-state index contributed by atoms with van der Waals surface area (Å²) in [7, 11) is 0. The number of carbonyl (C=O) groups is 2. The molecule has 2 amide bonds. The van der Waals surface area contributed by atoms with Crippen molar-refractivity contribution in [2.24, 2.45) is 0 Å². The lowest BCUT2D eigenvalue weighted by Crippen LogP contribution is -2.30. The third kappa shape index (κ3) is 5.91. The quantitative estimate of drug-likeness (QED) is 0.619. The van der Waals surface area contributed by atoms with Crippen LogP contribution >= 0.6 is 12.6 Å². The zero-order chi connectivity index (χ0) is 8.69. The average molecular weight is 175 g/mol. The van der Waals surface area contributed by atoms with Crippen molar-refractivity contribution in [2.45, 2.75) is 26.2 Å². The molecule has 0 aliphatic carbocycles. The Labute approximate surface area is 72.0 Å². The molecule has 3 nitrogen and oxygen atoms in total. The van der Waals surface area contributed by atoms with Crippen LogP contribution in [0.25, 0.3) is 0 Å². The van der Waals surface area contributed by atoms with Gasteiger partial charge in [0.25, 0.3) is 0 Å². The molecule has 64 valence electrons. The van der Waals surface area contributed by atoms with E-state index in [-0.39, 0.29) is 11.8 Å². The third-order valence-corrected chi connectivity index (χ3v) is 1.32. The molecule has 0 aliphatic heterocycles.